The molecule has 6 nitrogen and oxygen atoms in total. The highest BCUT2D eigenvalue weighted by Crippen LogP contribution is 2.16. The van der Waals surface area contributed by atoms with Crippen molar-refractivity contribution < 1.29 is 28.6 Å². The van der Waals surface area contributed by atoms with Gasteiger partial charge in [0, 0.05) is 19.3 Å². The van der Waals surface area contributed by atoms with E-state index in [0.29, 0.717) is 19.3 Å². The highest BCUT2D eigenvalue weighted by atomic mass is 16.6. The number of esters is 3. The van der Waals surface area contributed by atoms with Crippen molar-refractivity contribution in [3.63, 3.8) is 0 Å². The van der Waals surface area contributed by atoms with Gasteiger partial charge in [0.05, 0.1) is 0 Å². The van der Waals surface area contributed by atoms with Gasteiger partial charge in [0.2, 0.25) is 0 Å². The Bertz CT molecular complexity index is 691. The number of carbonyl (C=O) groups is 3. The van der Waals surface area contributed by atoms with Crippen molar-refractivity contribution in [2.24, 2.45) is 11.8 Å². The third-order valence-electron chi connectivity index (χ3n) is 8.83. The molecule has 45 heavy (non-hydrogen) atoms. The van der Waals surface area contributed by atoms with Crippen molar-refractivity contribution in [3.05, 3.63) is 0 Å². The summed E-state index contributed by atoms with van der Waals surface area (Å²) in [6.45, 7) is 11.2. The number of unbranched alkanes of at least 4 members (excludes halogenated alkanes) is 17. The van der Waals surface area contributed by atoms with Crippen molar-refractivity contribution >= 4 is 17.9 Å². The van der Waals surface area contributed by atoms with Gasteiger partial charge in [-0.05, 0) is 31.1 Å². The maximum Gasteiger partial charge on any atom is 0.306 e. The average molecular weight is 639 g/mol. The van der Waals surface area contributed by atoms with Crippen LogP contribution in [0.2, 0.25) is 0 Å². The molecule has 0 spiro atoms. The van der Waals surface area contributed by atoms with Crippen LogP contribution in [0.3, 0.4) is 0 Å². The van der Waals surface area contributed by atoms with E-state index in [1.54, 1.807) is 0 Å². The largest absolute Gasteiger partial charge is 0.462 e. The van der Waals surface area contributed by atoms with Gasteiger partial charge in [-0.15, -0.1) is 0 Å². The molecule has 2 atom stereocenters. The predicted molar refractivity (Wildman–Crippen MR) is 187 cm³/mol. The Labute approximate surface area is 278 Å². The van der Waals surface area contributed by atoms with E-state index >= 15 is 0 Å². The van der Waals surface area contributed by atoms with E-state index in [1.807, 2.05) is 0 Å². The molecule has 0 aliphatic heterocycles. The molecule has 0 aliphatic carbocycles. The third kappa shape index (κ3) is 32.2. The van der Waals surface area contributed by atoms with Crippen LogP contribution < -0.4 is 0 Å². The molecule has 6 heteroatoms. The fourth-order valence-electron chi connectivity index (χ4n) is 5.48. The molecule has 266 valence electrons. The van der Waals surface area contributed by atoms with E-state index in [1.165, 1.54) is 83.5 Å². The SMILES string of the molecule is CCCCCCCC(=O)OC[C@@H](COC(=O)CCCCCCCCC(C)CC)OC(=O)CCCCCCCCCCCC(C)C. The van der Waals surface area contributed by atoms with Crippen molar-refractivity contribution in [3.8, 4) is 0 Å². The molecule has 0 bridgehead atoms. The number of carbonyl (C=O) groups excluding carboxylic acids is 3. The van der Waals surface area contributed by atoms with Crippen LogP contribution in [0, 0.1) is 11.8 Å². The van der Waals surface area contributed by atoms with Crippen LogP contribution in [0.25, 0.3) is 0 Å². The topological polar surface area (TPSA) is 78.9 Å². The lowest BCUT2D eigenvalue weighted by atomic mass is 10.00. The summed E-state index contributed by atoms with van der Waals surface area (Å²) in [5.74, 6) is 0.736. The van der Waals surface area contributed by atoms with Crippen LogP contribution >= 0.6 is 0 Å². The molecule has 0 N–H and O–H groups in total. The van der Waals surface area contributed by atoms with E-state index in [4.69, 9.17) is 14.2 Å². The van der Waals surface area contributed by atoms with E-state index in [9.17, 15) is 14.4 Å². The van der Waals surface area contributed by atoms with Gasteiger partial charge in [0.25, 0.3) is 0 Å². The Morgan fingerprint density at radius 1 is 0.467 bits per heavy atom. The Morgan fingerprint density at radius 2 is 0.844 bits per heavy atom. The number of hydrogen-bond donors (Lipinski definition) is 0. The monoisotopic (exact) mass is 639 g/mol. The molecular formula is C39H74O6. The smallest absolute Gasteiger partial charge is 0.306 e. The first-order valence-corrected chi connectivity index (χ1v) is 19.3. The number of hydrogen-bond acceptors (Lipinski definition) is 6. The fourth-order valence-corrected chi connectivity index (χ4v) is 5.48. The Kier molecular flexibility index (Phi) is 31.2. The third-order valence-corrected chi connectivity index (χ3v) is 8.83. The van der Waals surface area contributed by atoms with Gasteiger partial charge in [0.1, 0.15) is 13.2 Å². The summed E-state index contributed by atoms with van der Waals surface area (Å²) in [5.41, 5.74) is 0. The molecule has 0 saturated heterocycles. The van der Waals surface area contributed by atoms with Gasteiger partial charge < -0.3 is 14.2 Å². The van der Waals surface area contributed by atoms with Gasteiger partial charge in [-0.2, -0.15) is 0 Å². The maximum atomic E-state index is 12.6. The second kappa shape index (κ2) is 32.4. The van der Waals surface area contributed by atoms with E-state index < -0.39 is 6.10 Å². The average Bonchev–Trinajstić information content (AvgIpc) is 3.01. The Morgan fingerprint density at radius 3 is 1.27 bits per heavy atom. The van der Waals surface area contributed by atoms with Gasteiger partial charge in [-0.3, -0.25) is 14.4 Å². The number of ether oxygens (including phenoxy) is 3. The summed E-state index contributed by atoms with van der Waals surface area (Å²) in [6.07, 6.45) is 26.9. The van der Waals surface area contributed by atoms with Gasteiger partial charge in [0.15, 0.2) is 6.10 Å². The molecule has 0 aromatic rings. The zero-order chi connectivity index (χ0) is 33.4. The van der Waals surface area contributed by atoms with Gasteiger partial charge in [-0.25, -0.2) is 0 Å². The van der Waals surface area contributed by atoms with E-state index in [-0.39, 0.29) is 31.1 Å². The zero-order valence-corrected chi connectivity index (χ0v) is 30.5. The lowest BCUT2D eigenvalue weighted by Gasteiger charge is -2.18. The summed E-state index contributed by atoms with van der Waals surface area (Å²) in [6, 6.07) is 0. The van der Waals surface area contributed by atoms with Crippen LogP contribution in [0.1, 0.15) is 202 Å². The van der Waals surface area contributed by atoms with Gasteiger partial charge in [-0.1, -0.05) is 163 Å². The molecule has 0 saturated carbocycles. The summed E-state index contributed by atoms with van der Waals surface area (Å²) in [4.78, 5) is 37.2. The second-order valence-corrected chi connectivity index (χ2v) is 13.9. The molecule has 0 amide bonds. The molecule has 0 aromatic heterocycles. The van der Waals surface area contributed by atoms with E-state index in [0.717, 1.165) is 76.0 Å². The summed E-state index contributed by atoms with van der Waals surface area (Å²) in [5, 5.41) is 0. The van der Waals surface area contributed by atoms with Crippen molar-refractivity contribution in [1.82, 2.24) is 0 Å². The molecule has 0 heterocycles. The standard InChI is InChI=1S/C39H74O6/c1-6-8-9-17-24-29-37(40)43-32-36(33-44-38(41)30-25-20-16-15-19-23-28-35(5)7-2)45-39(42)31-26-21-14-12-10-11-13-18-22-27-34(3)4/h34-36H,6-33H2,1-5H3/t35?,36-/m0/s1. The zero-order valence-electron chi connectivity index (χ0n) is 30.5. The summed E-state index contributed by atoms with van der Waals surface area (Å²) >= 11 is 0. The Balaban J connectivity index is 4.30. The molecule has 0 radical (unpaired) electrons. The van der Waals surface area contributed by atoms with Crippen molar-refractivity contribution in [2.45, 2.75) is 208 Å². The van der Waals surface area contributed by atoms with Crippen LogP contribution in [0.15, 0.2) is 0 Å². The second-order valence-electron chi connectivity index (χ2n) is 13.9. The predicted octanol–water partition coefficient (Wildman–Crippen LogP) is 11.5. The minimum atomic E-state index is -0.758. The first-order valence-electron chi connectivity index (χ1n) is 19.3. The van der Waals surface area contributed by atoms with Crippen molar-refractivity contribution in [2.75, 3.05) is 13.2 Å². The maximum absolute atomic E-state index is 12.6. The Hall–Kier alpha value is -1.59. The first-order chi connectivity index (χ1) is 21.8. The van der Waals surface area contributed by atoms with Crippen LogP contribution in [-0.4, -0.2) is 37.2 Å². The molecule has 0 aliphatic rings. The first kappa shape index (κ1) is 43.4. The highest BCUT2D eigenvalue weighted by Gasteiger charge is 2.19. The van der Waals surface area contributed by atoms with Crippen LogP contribution in [0.4, 0.5) is 0 Å². The number of rotatable bonds is 33. The fraction of sp³-hybridized carbons (Fsp3) is 0.923. The lowest BCUT2D eigenvalue weighted by Crippen LogP contribution is -2.30. The van der Waals surface area contributed by atoms with Gasteiger partial charge >= 0.3 is 17.9 Å². The molecule has 0 rings (SSSR count). The summed E-state index contributed by atoms with van der Waals surface area (Å²) < 4.78 is 16.5. The summed E-state index contributed by atoms with van der Waals surface area (Å²) in [7, 11) is 0. The van der Waals surface area contributed by atoms with E-state index in [2.05, 4.69) is 34.6 Å². The lowest BCUT2D eigenvalue weighted by molar-refractivity contribution is -0.167. The molecule has 0 fully saturated rings. The quantitative estimate of drug-likeness (QED) is 0.0404. The molecule has 0 aromatic carbocycles. The molecule has 1 unspecified atom stereocenters. The van der Waals surface area contributed by atoms with Crippen LogP contribution in [-0.2, 0) is 28.6 Å². The van der Waals surface area contributed by atoms with Crippen LogP contribution in [0.5, 0.6) is 0 Å². The minimum Gasteiger partial charge on any atom is -0.462 e. The van der Waals surface area contributed by atoms with Crippen molar-refractivity contribution in [1.29, 1.82) is 0 Å². The normalized spacial score (nSPS) is 12.7. The molecular weight excluding hydrogens is 564 g/mol. The minimum absolute atomic E-state index is 0.0683. The highest BCUT2D eigenvalue weighted by molar-refractivity contribution is 5.71.